The van der Waals surface area contributed by atoms with Crippen molar-refractivity contribution in [2.75, 3.05) is 40.1 Å². The average molecular weight is 353 g/mol. The standard InChI is InChI=1S/C18H27NO6/c1-23-18(22)19(9-11-25-13-12-24-10-8-16(20)21)17-14-6-4-2-3-5-7-15(14)17/h14-15,17H,4-13H2,1H3,(H,20,21)/t14-,15+,17?. The van der Waals surface area contributed by atoms with Crippen LogP contribution in [-0.4, -0.2) is 68.2 Å². The van der Waals surface area contributed by atoms with E-state index in [0.717, 1.165) is 25.7 Å². The Balaban J connectivity index is 1.67. The van der Waals surface area contributed by atoms with Gasteiger partial charge in [-0.25, -0.2) is 4.79 Å². The zero-order valence-electron chi connectivity index (χ0n) is 14.7. The van der Waals surface area contributed by atoms with Crippen LogP contribution >= 0.6 is 0 Å². The monoisotopic (exact) mass is 353 g/mol. The number of methoxy groups -OCH3 is 1. The normalized spacial score (nSPS) is 24.1. The molecule has 1 unspecified atom stereocenters. The smallest absolute Gasteiger partial charge is 0.409 e. The van der Waals surface area contributed by atoms with E-state index in [4.69, 9.17) is 19.3 Å². The minimum absolute atomic E-state index is 0.00963. The van der Waals surface area contributed by atoms with Gasteiger partial charge in [0.1, 0.15) is 0 Å². The summed E-state index contributed by atoms with van der Waals surface area (Å²) >= 11 is 0. The molecule has 2 aliphatic carbocycles. The van der Waals surface area contributed by atoms with Gasteiger partial charge in [0, 0.05) is 25.4 Å². The molecule has 1 N–H and O–H groups in total. The maximum Gasteiger partial charge on any atom is 0.409 e. The van der Waals surface area contributed by atoms with Crippen LogP contribution in [0.15, 0.2) is 0 Å². The van der Waals surface area contributed by atoms with Crippen molar-refractivity contribution in [2.24, 2.45) is 11.8 Å². The van der Waals surface area contributed by atoms with E-state index >= 15 is 0 Å². The van der Waals surface area contributed by atoms with Gasteiger partial charge < -0.3 is 24.2 Å². The number of nitrogens with zero attached hydrogens (tertiary/aromatic N) is 1. The molecule has 0 radical (unpaired) electrons. The van der Waals surface area contributed by atoms with E-state index in [1.807, 2.05) is 0 Å². The highest BCUT2D eigenvalue weighted by atomic mass is 16.5. The van der Waals surface area contributed by atoms with Crippen molar-refractivity contribution >= 4 is 12.1 Å². The second-order valence-corrected chi connectivity index (χ2v) is 6.28. The summed E-state index contributed by atoms with van der Waals surface area (Å²) in [6, 6.07) is 0.226. The number of fused-ring (bicyclic) bond motifs is 1. The maximum atomic E-state index is 12.1. The SMILES string of the molecule is COC(=O)N(CCOCCOCCC(=O)O)C1[C@H]2CCC#CCC[C@@H]12. The van der Waals surface area contributed by atoms with E-state index in [1.54, 1.807) is 4.90 Å². The molecule has 0 aromatic rings. The van der Waals surface area contributed by atoms with E-state index in [-0.39, 0.29) is 25.2 Å². The Kier molecular flexibility index (Phi) is 8.02. The van der Waals surface area contributed by atoms with E-state index in [1.165, 1.54) is 7.11 Å². The Bertz CT molecular complexity index is 493. The van der Waals surface area contributed by atoms with Crippen LogP contribution in [0.2, 0.25) is 0 Å². The van der Waals surface area contributed by atoms with Crippen LogP contribution < -0.4 is 0 Å². The van der Waals surface area contributed by atoms with Gasteiger partial charge in [0.25, 0.3) is 0 Å². The lowest BCUT2D eigenvalue weighted by Gasteiger charge is -2.22. The van der Waals surface area contributed by atoms with Gasteiger partial charge in [-0.3, -0.25) is 4.79 Å². The third kappa shape index (κ3) is 6.22. The Morgan fingerprint density at radius 3 is 2.20 bits per heavy atom. The van der Waals surface area contributed by atoms with Gasteiger partial charge >= 0.3 is 12.1 Å². The van der Waals surface area contributed by atoms with Crippen LogP contribution in [-0.2, 0) is 19.0 Å². The molecule has 0 saturated heterocycles. The molecule has 3 atom stereocenters. The molecule has 1 amide bonds. The summed E-state index contributed by atoms with van der Waals surface area (Å²) in [6.07, 6.45) is 3.55. The third-order valence-corrected chi connectivity index (χ3v) is 4.69. The Morgan fingerprint density at radius 1 is 1.04 bits per heavy atom. The van der Waals surface area contributed by atoms with Crippen molar-refractivity contribution in [3.05, 3.63) is 0 Å². The molecule has 0 heterocycles. The minimum atomic E-state index is -0.877. The molecular formula is C18H27NO6. The van der Waals surface area contributed by atoms with Gasteiger partial charge in [-0.1, -0.05) is 0 Å². The molecule has 2 rings (SSSR count). The molecule has 1 saturated carbocycles. The number of carboxylic acid groups (broad SMARTS) is 1. The lowest BCUT2D eigenvalue weighted by atomic mass is 10.1. The number of amides is 1. The Hall–Kier alpha value is -1.78. The van der Waals surface area contributed by atoms with Crippen LogP contribution in [0.1, 0.15) is 32.1 Å². The van der Waals surface area contributed by atoms with Gasteiger partial charge in [-0.15, -0.1) is 11.8 Å². The highest BCUT2D eigenvalue weighted by Crippen LogP contribution is 2.49. The lowest BCUT2D eigenvalue weighted by molar-refractivity contribution is -0.138. The fourth-order valence-electron chi connectivity index (χ4n) is 3.43. The number of aliphatic carboxylic acids is 1. The van der Waals surface area contributed by atoms with E-state index in [0.29, 0.717) is 38.2 Å². The lowest BCUT2D eigenvalue weighted by Crippen LogP contribution is -2.37. The summed E-state index contributed by atoms with van der Waals surface area (Å²) < 4.78 is 15.6. The number of rotatable bonds is 10. The van der Waals surface area contributed by atoms with Crippen LogP contribution in [0.5, 0.6) is 0 Å². The number of carbonyl (C=O) groups is 2. The van der Waals surface area contributed by atoms with Gasteiger partial charge in [0.15, 0.2) is 0 Å². The van der Waals surface area contributed by atoms with E-state index < -0.39 is 5.97 Å². The molecule has 0 bridgehead atoms. The topological polar surface area (TPSA) is 85.3 Å². The first-order valence-corrected chi connectivity index (χ1v) is 8.82. The summed E-state index contributed by atoms with van der Waals surface area (Å²) in [5.74, 6) is 6.51. The van der Waals surface area contributed by atoms with Crippen LogP contribution in [0.25, 0.3) is 0 Å². The molecule has 7 nitrogen and oxygen atoms in total. The van der Waals surface area contributed by atoms with Crippen molar-refractivity contribution in [1.29, 1.82) is 0 Å². The molecule has 0 aromatic carbocycles. The van der Waals surface area contributed by atoms with E-state index in [2.05, 4.69) is 11.8 Å². The molecule has 0 spiro atoms. The molecule has 140 valence electrons. The van der Waals surface area contributed by atoms with Crippen LogP contribution in [0.3, 0.4) is 0 Å². The summed E-state index contributed by atoms with van der Waals surface area (Å²) in [6.45, 7) is 1.79. The third-order valence-electron chi connectivity index (χ3n) is 4.69. The summed E-state index contributed by atoms with van der Waals surface area (Å²) in [5.41, 5.74) is 0. The first-order valence-electron chi connectivity index (χ1n) is 8.82. The van der Waals surface area contributed by atoms with Crippen molar-refractivity contribution in [2.45, 2.75) is 38.1 Å². The predicted octanol–water partition coefficient (Wildman–Crippen LogP) is 1.75. The Morgan fingerprint density at radius 2 is 1.64 bits per heavy atom. The highest BCUT2D eigenvalue weighted by Gasteiger charge is 2.53. The summed E-state index contributed by atoms with van der Waals surface area (Å²) in [4.78, 5) is 24.3. The fraction of sp³-hybridized carbons (Fsp3) is 0.778. The fourth-order valence-corrected chi connectivity index (χ4v) is 3.43. The van der Waals surface area contributed by atoms with Gasteiger partial charge in [-0.05, 0) is 24.7 Å². The largest absolute Gasteiger partial charge is 0.481 e. The van der Waals surface area contributed by atoms with Gasteiger partial charge in [0.05, 0.1) is 40.0 Å². The van der Waals surface area contributed by atoms with Gasteiger partial charge in [-0.2, -0.15) is 0 Å². The molecule has 2 aliphatic rings. The van der Waals surface area contributed by atoms with Crippen molar-refractivity contribution < 1.29 is 28.9 Å². The minimum Gasteiger partial charge on any atom is -0.481 e. The predicted molar refractivity (Wildman–Crippen MR) is 90.0 cm³/mol. The number of carbonyl (C=O) groups excluding carboxylic acids is 1. The molecule has 25 heavy (non-hydrogen) atoms. The van der Waals surface area contributed by atoms with Crippen molar-refractivity contribution in [3.8, 4) is 11.8 Å². The number of hydrogen-bond donors (Lipinski definition) is 1. The number of carboxylic acids is 1. The number of ether oxygens (including phenoxy) is 3. The molecule has 7 heteroatoms. The van der Waals surface area contributed by atoms with Crippen LogP contribution in [0, 0.1) is 23.7 Å². The zero-order valence-corrected chi connectivity index (χ0v) is 14.7. The molecular weight excluding hydrogens is 326 g/mol. The van der Waals surface area contributed by atoms with Crippen molar-refractivity contribution in [1.82, 2.24) is 4.90 Å². The zero-order chi connectivity index (χ0) is 18.1. The number of hydrogen-bond acceptors (Lipinski definition) is 5. The van der Waals surface area contributed by atoms with Crippen LogP contribution in [0.4, 0.5) is 4.79 Å². The van der Waals surface area contributed by atoms with E-state index in [9.17, 15) is 9.59 Å². The second-order valence-electron chi connectivity index (χ2n) is 6.28. The summed E-state index contributed by atoms with van der Waals surface area (Å²) in [5, 5.41) is 8.50. The summed E-state index contributed by atoms with van der Waals surface area (Å²) in [7, 11) is 1.40. The molecule has 1 fully saturated rings. The Labute approximate surface area is 148 Å². The first kappa shape index (κ1) is 19.5. The highest BCUT2D eigenvalue weighted by molar-refractivity contribution is 5.68. The first-order chi connectivity index (χ1) is 12.1. The second kappa shape index (κ2) is 10.3. The maximum absolute atomic E-state index is 12.1. The average Bonchev–Trinajstić information content (AvgIpc) is 3.22. The van der Waals surface area contributed by atoms with Crippen molar-refractivity contribution in [3.63, 3.8) is 0 Å². The molecule has 0 aromatic heterocycles. The molecule has 0 aliphatic heterocycles. The quantitative estimate of drug-likeness (QED) is 0.476. The van der Waals surface area contributed by atoms with Gasteiger partial charge in [0.2, 0.25) is 0 Å².